The molecule has 3 unspecified atom stereocenters. The lowest BCUT2D eigenvalue weighted by molar-refractivity contribution is 0.383. The summed E-state index contributed by atoms with van der Waals surface area (Å²) >= 11 is 2.14. The second kappa shape index (κ2) is 6.90. The van der Waals surface area contributed by atoms with Crippen LogP contribution in [0.4, 0.5) is 0 Å². The number of hydrogen-bond donors (Lipinski definition) is 1. The van der Waals surface area contributed by atoms with Gasteiger partial charge in [0.15, 0.2) is 0 Å². The van der Waals surface area contributed by atoms with Crippen LogP contribution >= 0.6 is 11.8 Å². The first-order chi connectivity index (χ1) is 7.88. The summed E-state index contributed by atoms with van der Waals surface area (Å²) in [5.74, 6) is 3.77. The molecule has 1 saturated carbocycles. The third kappa shape index (κ3) is 3.96. The van der Waals surface area contributed by atoms with E-state index < -0.39 is 0 Å². The fourth-order valence-corrected chi connectivity index (χ4v) is 4.24. The predicted molar refractivity (Wildman–Crippen MR) is 74.1 cm³/mol. The minimum Gasteiger partial charge on any atom is -0.310 e. The number of thioether (sulfide) groups is 1. The molecule has 2 aliphatic rings. The van der Waals surface area contributed by atoms with Gasteiger partial charge in [-0.05, 0) is 43.8 Å². The molecular weight excluding hydrogens is 214 g/mol. The largest absolute Gasteiger partial charge is 0.310 e. The van der Waals surface area contributed by atoms with E-state index in [2.05, 4.69) is 24.0 Å². The zero-order valence-corrected chi connectivity index (χ0v) is 11.5. The van der Waals surface area contributed by atoms with Gasteiger partial charge in [-0.3, -0.25) is 0 Å². The Hall–Kier alpha value is 0.310. The summed E-state index contributed by atoms with van der Waals surface area (Å²) in [4.78, 5) is 0. The van der Waals surface area contributed by atoms with Crippen molar-refractivity contribution in [1.82, 2.24) is 5.32 Å². The first-order valence-electron chi connectivity index (χ1n) is 7.22. The Labute approximate surface area is 105 Å². The van der Waals surface area contributed by atoms with E-state index in [1.54, 1.807) is 0 Å². The first kappa shape index (κ1) is 12.8. The Bertz CT molecular complexity index is 189. The van der Waals surface area contributed by atoms with Crippen LogP contribution in [0.25, 0.3) is 0 Å². The molecule has 0 aromatic carbocycles. The van der Waals surface area contributed by atoms with Crippen molar-refractivity contribution in [3.05, 3.63) is 0 Å². The van der Waals surface area contributed by atoms with Crippen LogP contribution in [-0.4, -0.2) is 23.6 Å². The predicted octanol–water partition coefficient (Wildman–Crippen LogP) is 3.83. The Morgan fingerprint density at radius 2 is 1.88 bits per heavy atom. The minimum absolute atomic E-state index is 0.821. The molecule has 0 spiro atoms. The molecule has 2 heteroatoms. The molecule has 1 aliphatic heterocycles. The summed E-state index contributed by atoms with van der Waals surface area (Å²) in [6.45, 7) is 2.36. The zero-order chi connectivity index (χ0) is 11.2. The summed E-state index contributed by atoms with van der Waals surface area (Å²) in [6, 6.07) is 1.65. The Kier molecular flexibility index (Phi) is 5.51. The molecule has 2 rings (SSSR count). The van der Waals surface area contributed by atoms with E-state index in [-0.39, 0.29) is 0 Å². The van der Waals surface area contributed by atoms with Crippen molar-refractivity contribution >= 4 is 11.8 Å². The lowest BCUT2D eigenvalue weighted by Crippen LogP contribution is -2.41. The molecule has 0 bridgehead atoms. The lowest BCUT2D eigenvalue weighted by atomic mass is 9.97. The van der Waals surface area contributed by atoms with Gasteiger partial charge in [0.25, 0.3) is 0 Å². The van der Waals surface area contributed by atoms with Crippen molar-refractivity contribution in [2.75, 3.05) is 11.5 Å². The summed E-state index contributed by atoms with van der Waals surface area (Å²) in [5.41, 5.74) is 0. The molecule has 0 aromatic rings. The van der Waals surface area contributed by atoms with E-state index in [0.717, 1.165) is 18.0 Å². The quantitative estimate of drug-likeness (QED) is 0.754. The van der Waals surface area contributed by atoms with E-state index in [9.17, 15) is 0 Å². The van der Waals surface area contributed by atoms with E-state index in [0.29, 0.717) is 0 Å². The van der Waals surface area contributed by atoms with Crippen molar-refractivity contribution in [3.8, 4) is 0 Å². The first-order valence-corrected chi connectivity index (χ1v) is 8.37. The van der Waals surface area contributed by atoms with Gasteiger partial charge < -0.3 is 5.32 Å². The van der Waals surface area contributed by atoms with Gasteiger partial charge >= 0.3 is 0 Å². The highest BCUT2D eigenvalue weighted by Gasteiger charge is 2.21. The Morgan fingerprint density at radius 1 is 1.00 bits per heavy atom. The van der Waals surface area contributed by atoms with Gasteiger partial charge in [0.1, 0.15) is 0 Å². The van der Waals surface area contributed by atoms with Gasteiger partial charge in [0.05, 0.1) is 0 Å². The third-order valence-electron chi connectivity index (χ3n) is 4.30. The molecular formula is C14H27NS. The van der Waals surface area contributed by atoms with E-state index in [1.165, 1.54) is 62.9 Å². The molecule has 1 heterocycles. The normalized spacial score (nSPS) is 36.9. The number of hydrogen-bond acceptors (Lipinski definition) is 2. The van der Waals surface area contributed by atoms with E-state index >= 15 is 0 Å². The highest BCUT2D eigenvalue weighted by atomic mass is 32.2. The summed E-state index contributed by atoms with van der Waals surface area (Å²) in [7, 11) is 0. The maximum absolute atomic E-state index is 3.92. The van der Waals surface area contributed by atoms with Crippen molar-refractivity contribution in [1.29, 1.82) is 0 Å². The minimum atomic E-state index is 0.821. The average Bonchev–Trinajstić information content (AvgIpc) is 2.56. The average molecular weight is 241 g/mol. The van der Waals surface area contributed by atoms with Gasteiger partial charge in [-0.2, -0.15) is 11.8 Å². The second-order valence-electron chi connectivity index (χ2n) is 5.56. The van der Waals surface area contributed by atoms with Gasteiger partial charge in [0.2, 0.25) is 0 Å². The maximum Gasteiger partial charge on any atom is 0.0161 e. The molecule has 0 aromatic heterocycles. The topological polar surface area (TPSA) is 12.0 Å². The van der Waals surface area contributed by atoms with Crippen LogP contribution in [0.5, 0.6) is 0 Å². The monoisotopic (exact) mass is 241 g/mol. The van der Waals surface area contributed by atoms with E-state index in [4.69, 9.17) is 0 Å². The van der Waals surface area contributed by atoms with Crippen LogP contribution in [0.1, 0.15) is 58.3 Å². The fraction of sp³-hybridized carbons (Fsp3) is 1.00. The molecule has 16 heavy (non-hydrogen) atoms. The van der Waals surface area contributed by atoms with Crippen molar-refractivity contribution in [3.63, 3.8) is 0 Å². The smallest absolute Gasteiger partial charge is 0.0161 e. The molecule has 1 aliphatic carbocycles. The zero-order valence-electron chi connectivity index (χ0n) is 10.7. The van der Waals surface area contributed by atoms with Crippen molar-refractivity contribution in [2.45, 2.75) is 70.4 Å². The molecule has 0 amide bonds. The Balaban J connectivity index is 1.72. The van der Waals surface area contributed by atoms with E-state index in [1.807, 2.05) is 0 Å². The van der Waals surface area contributed by atoms with Crippen LogP contribution in [0.3, 0.4) is 0 Å². The summed E-state index contributed by atoms with van der Waals surface area (Å²) < 4.78 is 0. The Morgan fingerprint density at radius 3 is 2.62 bits per heavy atom. The van der Waals surface area contributed by atoms with Gasteiger partial charge in [0, 0.05) is 17.8 Å². The molecule has 0 radical (unpaired) electrons. The molecule has 2 fully saturated rings. The summed E-state index contributed by atoms with van der Waals surface area (Å²) in [5, 5.41) is 3.92. The lowest BCUT2D eigenvalue weighted by Gasteiger charge is -2.27. The van der Waals surface area contributed by atoms with Crippen LogP contribution < -0.4 is 5.32 Å². The highest BCUT2D eigenvalue weighted by molar-refractivity contribution is 7.99. The third-order valence-corrected chi connectivity index (χ3v) is 5.51. The van der Waals surface area contributed by atoms with Crippen LogP contribution in [-0.2, 0) is 0 Å². The molecule has 94 valence electrons. The van der Waals surface area contributed by atoms with Crippen LogP contribution in [0.15, 0.2) is 0 Å². The highest BCUT2D eigenvalue weighted by Crippen LogP contribution is 2.26. The van der Waals surface area contributed by atoms with Crippen molar-refractivity contribution < 1.29 is 0 Å². The van der Waals surface area contributed by atoms with Gasteiger partial charge in [-0.15, -0.1) is 0 Å². The van der Waals surface area contributed by atoms with Crippen LogP contribution in [0.2, 0.25) is 0 Å². The SMILES string of the molecule is CCC1CCCC(NC2CCCSC2)CC1. The number of nitrogens with one attached hydrogen (secondary N) is 1. The van der Waals surface area contributed by atoms with Crippen LogP contribution in [0, 0.1) is 5.92 Å². The standard InChI is InChI=1S/C14H27NS/c1-2-12-5-3-6-13(9-8-12)15-14-7-4-10-16-11-14/h12-15H,2-11H2,1H3. The molecule has 1 saturated heterocycles. The number of rotatable bonds is 3. The second-order valence-corrected chi connectivity index (χ2v) is 6.71. The van der Waals surface area contributed by atoms with Gasteiger partial charge in [-0.1, -0.05) is 26.2 Å². The maximum atomic E-state index is 3.92. The molecule has 3 atom stereocenters. The molecule has 1 nitrogen and oxygen atoms in total. The fourth-order valence-electron chi connectivity index (χ4n) is 3.16. The summed E-state index contributed by atoms with van der Waals surface area (Å²) in [6.07, 6.45) is 11.5. The van der Waals surface area contributed by atoms with Gasteiger partial charge in [-0.25, -0.2) is 0 Å². The molecule has 1 N–H and O–H groups in total. The van der Waals surface area contributed by atoms with Crippen molar-refractivity contribution in [2.24, 2.45) is 5.92 Å².